The Morgan fingerprint density at radius 3 is 2.90 bits per heavy atom. The fraction of sp³-hybridized carbons (Fsp3) is 0.769. The second-order valence-corrected chi connectivity index (χ2v) is 5.61. The zero-order chi connectivity index (χ0) is 14.7. The number of likely N-dealkylation sites (tertiary alicyclic amines) is 1. The molecule has 20 heavy (non-hydrogen) atoms. The molecule has 3 unspecified atom stereocenters. The van der Waals surface area contributed by atoms with E-state index in [2.05, 4.69) is 15.5 Å². The molecule has 3 N–H and O–H groups in total. The van der Waals surface area contributed by atoms with E-state index in [1.807, 2.05) is 0 Å². The monoisotopic (exact) mass is 283 g/mol. The van der Waals surface area contributed by atoms with E-state index in [0.29, 0.717) is 18.9 Å². The number of carbonyl (C=O) groups is 3. The molecule has 7 heteroatoms. The Morgan fingerprint density at radius 2 is 2.25 bits per heavy atom. The number of hydrogen-bond acceptors (Lipinski definition) is 4. The third-order valence-corrected chi connectivity index (χ3v) is 4.02. The van der Waals surface area contributed by atoms with Crippen molar-refractivity contribution in [2.75, 3.05) is 19.6 Å². The molecule has 0 aromatic heterocycles. The molecule has 2 saturated heterocycles. The number of carbonyl (C=O) groups excluding carboxylic acids is 2. The fourth-order valence-corrected chi connectivity index (χ4v) is 3.04. The van der Waals surface area contributed by atoms with Crippen LogP contribution in [-0.2, 0) is 14.4 Å². The Balaban J connectivity index is 1.89. The molecule has 2 rings (SSSR count). The van der Waals surface area contributed by atoms with Crippen LogP contribution in [0.15, 0.2) is 0 Å². The summed E-state index contributed by atoms with van der Waals surface area (Å²) < 4.78 is 0. The standard InChI is InChI=1S/C13H21N3O4/c1-8(17)14-11(13(19)20)7-16-5-4-10-9(6-16)2-3-12(18)15-10/h9-11H,2-7H2,1H3,(H,14,17)(H,15,18)(H,19,20). The molecule has 2 fully saturated rings. The number of fused-ring (bicyclic) bond motifs is 1. The molecule has 2 heterocycles. The second kappa shape index (κ2) is 6.21. The van der Waals surface area contributed by atoms with Crippen molar-refractivity contribution in [2.24, 2.45) is 5.92 Å². The maximum absolute atomic E-state index is 11.3. The van der Waals surface area contributed by atoms with Crippen LogP contribution in [0.25, 0.3) is 0 Å². The summed E-state index contributed by atoms with van der Waals surface area (Å²) in [5.41, 5.74) is 0. The number of hydrogen-bond donors (Lipinski definition) is 3. The number of nitrogens with one attached hydrogen (secondary N) is 2. The number of amides is 2. The highest BCUT2D eigenvalue weighted by Crippen LogP contribution is 2.25. The number of carboxylic acids is 1. The summed E-state index contributed by atoms with van der Waals surface area (Å²) in [6, 6.07) is -0.654. The van der Waals surface area contributed by atoms with Gasteiger partial charge < -0.3 is 20.6 Å². The van der Waals surface area contributed by atoms with E-state index in [1.54, 1.807) is 0 Å². The van der Waals surface area contributed by atoms with E-state index in [4.69, 9.17) is 5.11 Å². The topological polar surface area (TPSA) is 98.7 Å². The highest BCUT2D eigenvalue weighted by molar-refractivity contribution is 5.82. The number of carboxylic acid groups (broad SMARTS) is 1. The number of rotatable bonds is 4. The molecule has 2 amide bonds. The molecule has 0 bridgehead atoms. The molecular formula is C13H21N3O4. The first-order valence-corrected chi connectivity index (χ1v) is 6.97. The van der Waals surface area contributed by atoms with Crippen molar-refractivity contribution in [2.45, 2.75) is 38.3 Å². The molecule has 0 radical (unpaired) electrons. The van der Waals surface area contributed by atoms with Gasteiger partial charge >= 0.3 is 5.97 Å². The number of piperidine rings is 2. The quantitative estimate of drug-likeness (QED) is 0.626. The minimum absolute atomic E-state index is 0.112. The van der Waals surface area contributed by atoms with Gasteiger partial charge in [-0.1, -0.05) is 0 Å². The van der Waals surface area contributed by atoms with E-state index in [0.717, 1.165) is 25.9 Å². The molecule has 0 saturated carbocycles. The van der Waals surface area contributed by atoms with Gasteiger partial charge in [-0.15, -0.1) is 0 Å². The van der Waals surface area contributed by atoms with Gasteiger partial charge in [0, 0.05) is 39.0 Å². The normalized spacial score (nSPS) is 28.1. The molecule has 0 spiro atoms. The predicted octanol–water partition coefficient (Wildman–Crippen LogP) is -0.824. The number of aliphatic carboxylic acids is 1. The van der Waals surface area contributed by atoms with Crippen LogP contribution in [0.4, 0.5) is 0 Å². The number of nitrogens with zero attached hydrogens (tertiary/aromatic N) is 1. The molecule has 2 aliphatic heterocycles. The van der Waals surface area contributed by atoms with Gasteiger partial charge in [-0.3, -0.25) is 9.59 Å². The van der Waals surface area contributed by atoms with Crippen molar-refractivity contribution in [1.29, 1.82) is 0 Å². The van der Waals surface area contributed by atoms with Crippen molar-refractivity contribution in [3.8, 4) is 0 Å². The van der Waals surface area contributed by atoms with Gasteiger partial charge in [-0.05, 0) is 18.8 Å². The smallest absolute Gasteiger partial charge is 0.327 e. The Morgan fingerprint density at radius 1 is 1.50 bits per heavy atom. The van der Waals surface area contributed by atoms with E-state index >= 15 is 0 Å². The summed E-state index contributed by atoms with van der Waals surface area (Å²) >= 11 is 0. The van der Waals surface area contributed by atoms with Gasteiger partial charge in [0.2, 0.25) is 11.8 Å². The summed E-state index contributed by atoms with van der Waals surface area (Å²) in [5, 5.41) is 14.6. The average Bonchev–Trinajstić information content (AvgIpc) is 2.37. The first-order valence-electron chi connectivity index (χ1n) is 6.97. The lowest BCUT2D eigenvalue weighted by Crippen LogP contribution is -2.57. The van der Waals surface area contributed by atoms with Gasteiger partial charge in [0.25, 0.3) is 0 Å². The van der Waals surface area contributed by atoms with E-state index in [1.165, 1.54) is 6.92 Å². The largest absolute Gasteiger partial charge is 0.480 e. The van der Waals surface area contributed by atoms with Crippen LogP contribution in [0.3, 0.4) is 0 Å². The van der Waals surface area contributed by atoms with Crippen LogP contribution in [0.1, 0.15) is 26.2 Å². The van der Waals surface area contributed by atoms with Crippen LogP contribution >= 0.6 is 0 Å². The van der Waals surface area contributed by atoms with Crippen LogP contribution < -0.4 is 10.6 Å². The molecular weight excluding hydrogens is 262 g/mol. The van der Waals surface area contributed by atoms with Gasteiger partial charge in [0.15, 0.2) is 0 Å². The Labute approximate surface area is 117 Å². The Bertz CT molecular complexity index is 412. The molecule has 112 valence electrons. The Hall–Kier alpha value is -1.63. The minimum Gasteiger partial charge on any atom is -0.480 e. The predicted molar refractivity (Wildman–Crippen MR) is 71.0 cm³/mol. The summed E-state index contributed by atoms with van der Waals surface area (Å²) in [5.74, 6) is -0.855. The third kappa shape index (κ3) is 3.69. The van der Waals surface area contributed by atoms with Gasteiger partial charge in [-0.25, -0.2) is 4.79 Å². The van der Waals surface area contributed by atoms with Crippen molar-refractivity contribution >= 4 is 17.8 Å². The van der Waals surface area contributed by atoms with E-state index < -0.39 is 12.0 Å². The van der Waals surface area contributed by atoms with Crippen LogP contribution in [0, 0.1) is 5.92 Å². The van der Waals surface area contributed by atoms with Gasteiger partial charge in [0.1, 0.15) is 6.04 Å². The molecule has 0 aromatic rings. The summed E-state index contributed by atoms with van der Waals surface area (Å²) in [4.78, 5) is 35.6. The molecule has 0 aliphatic carbocycles. The Kier molecular flexibility index (Phi) is 4.59. The molecule has 3 atom stereocenters. The van der Waals surface area contributed by atoms with Crippen molar-refractivity contribution in [1.82, 2.24) is 15.5 Å². The minimum atomic E-state index is -1.01. The van der Waals surface area contributed by atoms with Crippen LogP contribution in [0.5, 0.6) is 0 Å². The van der Waals surface area contributed by atoms with Crippen molar-refractivity contribution in [3.63, 3.8) is 0 Å². The fourth-order valence-electron chi connectivity index (χ4n) is 3.04. The highest BCUT2D eigenvalue weighted by Gasteiger charge is 2.35. The average molecular weight is 283 g/mol. The summed E-state index contributed by atoms with van der Waals surface area (Å²) in [6.07, 6.45) is 2.23. The lowest BCUT2D eigenvalue weighted by Gasteiger charge is -2.42. The van der Waals surface area contributed by atoms with Crippen molar-refractivity contribution < 1.29 is 19.5 Å². The summed E-state index contributed by atoms with van der Waals surface area (Å²) in [7, 11) is 0. The maximum Gasteiger partial charge on any atom is 0.327 e. The van der Waals surface area contributed by atoms with E-state index in [9.17, 15) is 14.4 Å². The maximum atomic E-state index is 11.3. The highest BCUT2D eigenvalue weighted by atomic mass is 16.4. The lowest BCUT2D eigenvalue weighted by atomic mass is 9.85. The van der Waals surface area contributed by atoms with Crippen molar-refractivity contribution in [3.05, 3.63) is 0 Å². The van der Waals surface area contributed by atoms with Gasteiger partial charge in [-0.2, -0.15) is 0 Å². The first-order chi connectivity index (χ1) is 9.45. The second-order valence-electron chi connectivity index (χ2n) is 5.61. The molecule has 7 nitrogen and oxygen atoms in total. The van der Waals surface area contributed by atoms with Crippen LogP contribution in [0.2, 0.25) is 0 Å². The SMILES string of the molecule is CC(=O)NC(CN1CCC2NC(=O)CCC2C1)C(=O)O. The lowest BCUT2D eigenvalue weighted by molar-refractivity contribution is -0.142. The van der Waals surface area contributed by atoms with Crippen LogP contribution in [-0.4, -0.2) is 59.5 Å². The first kappa shape index (κ1) is 14.8. The molecule has 2 aliphatic rings. The zero-order valence-corrected chi connectivity index (χ0v) is 11.6. The zero-order valence-electron chi connectivity index (χ0n) is 11.6. The summed E-state index contributed by atoms with van der Waals surface area (Å²) in [6.45, 7) is 3.14. The van der Waals surface area contributed by atoms with E-state index in [-0.39, 0.29) is 17.9 Å². The third-order valence-electron chi connectivity index (χ3n) is 4.02. The molecule has 0 aromatic carbocycles. The van der Waals surface area contributed by atoms with Gasteiger partial charge in [0.05, 0.1) is 0 Å².